The average Bonchev–Trinajstić information content (AvgIpc) is 2.49. The SMILES string of the molecule is CC(C)(C)C(=O)Nc1ccc(NC(=O)c2ccc(=O)[nH]c2)cc1. The lowest BCUT2D eigenvalue weighted by Gasteiger charge is -2.17. The molecule has 3 N–H and O–H groups in total. The highest BCUT2D eigenvalue weighted by molar-refractivity contribution is 6.04. The number of H-pyrrole nitrogens is 1. The van der Waals surface area contributed by atoms with E-state index in [2.05, 4.69) is 15.6 Å². The summed E-state index contributed by atoms with van der Waals surface area (Å²) in [5, 5.41) is 5.52. The summed E-state index contributed by atoms with van der Waals surface area (Å²) in [6, 6.07) is 9.56. The molecule has 0 aliphatic heterocycles. The van der Waals surface area contributed by atoms with Crippen molar-refractivity contribution in [3.63, 3.8) is 0 Å². The number of carbonyl (C=O) groups is 2. The summed E-state index contributed by atoms with van der Waals surface area (Å²) in [5.74, 6) is -0.407. The first-order chi connectivity index (χ1) is 10.8. The third kappa shape index (κ3) is 4.54. The maximum Gasteiger partial charge on any atom is 0.257 e. The van der Waals surface area contributed by atoms with Gasteiger partial charge in [0.2, 0.25) is 11.5 Å². The van der Waals surface area contributed by atoms with Crippen molar-refractivity contribution in [3.05, 3.63) is 58.5 Å². The molecule has 0 unspecified atom stereocenters. The van der Waals surface area contributed by atoms with Crippen LogP contribution in [0.2, 0.25) is 0 Å². The van der Waals surface area contributed by atoms with Crippen molar-refractivity contribution in [2.24, 2.45) is 5.41 Å². The van der Waals surface area contributed by atoms with Gasteiger partial charge in [-0.2, -0.15) is 0 Å². The van der Waals surface area contributed by atoms with E-state index >= 15 is 0 Å². The molecule has 0 saturated heterocycles. The molecule has 0 aliphatic carbocycles. The molecule has 1 heterocycles. The number of benzene rings is 1. The molecule has 6 nitrogen and oxygen atoms in total. The largest absolute Gasteiger partial charge is 0.328 e. The van der Waals surface area contributed by atoms with Crippen molar-refractivity contribution in [2.45, 2.75) is 20.8 Å². The molecule has 0 bridgehead atoms. The number of amides is 2. The van der Waals surface area contributed by atoms with Gasteiger partial charge in [-0.25, -0.2) is 0 Å². The number of hydrogen-bond acceptors (Lipinski definition) is 3. The normalized spacial score (nSPS) is 10.9. The molecule has 2 aromatic rings. The van der Waals surface area contributed by atoms with Crippen LogP contribution in [0.5, 0.6) is 0 Å². The summed E-state index contributed by atoms with van der Waals surface area (Å²) >= 11 is 0. The quantitative estimate of drug-likeness (QED) is 0.813. The van der Waals surface area contributed by atoms with Gasteiger partial charge in [0.1, 0.15) is 0 Å². The zero-order valence-electron chi connectivity index (χ0n) is 13.3. The summed E-state index contributed by atoms with van der Waals surface area (Å²) in [7, 11) is 0. The van der Waals surface area contributed by atoms with Crippen LogP contribution >= 0.6 is 0 Å². The van der Waals surface area contributed by atoms with Crippen LogP contribution in [0.4, 0.5) is 11.4 Å². The maximum absolute atomic E-state index is 12.0. The summed E-state index contributed by atoms with van der Waals surface area (Å²) in [6.07, 6.45) is 1.36. The van der Waals surface area contributed by atoms with Gasteiger partial charge in [-0.05, 0) is 30.3 Å². The van der Waals surface area contributed by atoms with Crippen molar-refractivity contribution in [2.75, 3.05) is 10.6 Å². The molecule has 1 aromatic heterocycles. The van der Waals surface area contributed by atoms with Crippen molar-refractivity contribution in [3.8, 4) is 0 Å². The maximum atomic E-state index is 12.0. The predicted octanol–water partition coefficient (Wildman–Crippen LogP) is 2.61. The Balaban J connectivity index is 2.02. The topological polar surface area (TPSA) is 91.1 Å². The van der Waals surface area contributed by atoms with Gasteiger partial charge in [0.15, 0.2) is 0 Å². The van der Waals surface area contributed by atoms with E-state index < -0.39 is 5.41 Å². The highest BCUT2D eigenvalue weighted by Gasteiger charge is 2.21. The van der Waals surface area contributed by atoms with Gasteiger partial charge in [0, 0.05) is 29.1 Å². The second-order valence-corrected chi connectivity index (χ2v) is 6.18. The van der Waals surface area contributed by atoms with Crippen LogP contribution in [0, 0.1) is 5.41 Å². The molecule has 0 aliphatic rings. The van der Waals surface area contributed by atoms with Gasteiger partial charge in [0.05, 0.1) is 5.56 Å². The van der Waals surface area contributed by atoms with Gasteiger partial charge in [-0.15, -0.1) is 0 Å². The Labute approximate surface area is 133 Å². The van der Waals surface area contributed by atoms with Crippen LogP contribution in [0.1, 0.15) is 31.1 Å². The highest BCUT2D eigenvalue weighted by Crippen LogP contribution is 2.19. The molecule has 2 amide bonds. The Kier molecular flexibility index (Phi) is 4.64. The fourth-order valence-electron chi connectivity index (χ4n) is 1.71. The molecule has 0 atom stereocenters. The summed E-state index contributed by atoms with van der Waals surface area (Å²) < 4.78 is 0. The van der Waals surface area contributed by atoms with E-state index in [1.54, 1.807) is 24.3 Å². The fourth-order valence-corrected chi connectivity index (χ4v) is 1.71. The molecule has 0 fully saturated rings. The number of rotatable bonds is 3. The first kappa shape index (κ1) is 16.5. The lowest BCUT2D eigenvalue weighted by atomic mass is 9.95. The molecular weight excluding hydrogens is 294 g/mol. The van der Waals surface area contributed by atoms with E-state index in [4.69, 9.17) is 0 Å². The second-order valence-electron chi connectivity index (χ2n) is 6.18. The molecule has 1 aromatic carbocycles. The van der Waals surface area contributed by atoms with E-state index in [1.807, 2.05) is 20.8 Å². The minimum Gasteiger partial charge on any atom is -0.328 e. The molecule has 2 rings (SSSR count). The molecule has 23 heavy (non-hydrogen) atoms. The van der Waals surface area contributed by atoms with E-state index in [0.717, 1.165) is 0 Å². The zero-order valence-corrected chi connectivity index (χ0v) is 13.3. The number of hydrogen-bond donors (Lipinski definition) is 3. The highest BCUT2D eigenvalue weighted by atomic mass is 16.2. The predicted molar refractivity (Wildman–Crippen MR) is 89.5 cm³/mol. The summed E-state index contributed by atoms with van der Waals surface area (Å²) in [4.78, 5) is 37.3. The Morgan fingerprint density at radius 3 is 1.96 bits per heavy atom. The minimum absolute atomic E-state index is 0.0810. The summed E-state index contributed by atoms with van der Waals surface area (Å²) in [6.45, 7) is 5.50. The standard InChI is InChI=1S/C17H19N3O3/c1-17(2,3)16(23)20-13-7-5-12(6-8-13)19-15(22)11-4-9-14(21)18-10-11/h4-10H,1-3H3,(H,18,21)(H,19,22)(H,20,23). The van der Waals surface area contributed by atoms with Gasteiger partial charge < -0.3 is 15.6 Å². The smallest absolute Gasteiger partial charge is 0.257 e. The third-order valence-corrected chi connectivity index (χ3v) is 3.13. The lowest BCUT2D eigenvalue weighted by Crippen LogP contribution is -2.27. The Bertz CT molecular complexity index is 750. The number of aromatic amines is 1. The van der Waals surface area contributed by atoms with Crippen LogP contribution in [0.15, 0.2) is 47.4 Å². The van der Waals surface area contributed by atoms with E-state index in [1.165, 1.54) is 18.3 Å². The van der Waals surface area contributed by atoms with Crippen molar-refractivity contribution in [1.82, 2.24) is 4.98 Å². The summed E-state index contributed by atoms with van der Waals surface area (Å²) in [5.41, 5.74) is 0.869. The van der Waals surface area contributed by atoms with Gasteiger partial charge in [-0.1, -0.05) is 20.8 Å². The van der Waals surface area contributed by atoms with Crippen molar-refractivity contribution < 1.29 is 9.59 Å². The van der Waals surface area contributed by atoms with Crippen LogP contribution in [0.25, 0.3) is 0 Å². The van der Waals surface area contributed by atoms with Crippen LogP contribution in [-0.4, -0.2) is 16.8 Å². The average molecular weight is 313 g/mol. The molecule has 0 spiro atoms. The molecule has 6 heteroatoms. The zero-order chi connectivity index (χ0) is 17.0. The number of pyridine rings is 1. The lowest BCUT2D eigenvalue weighted by molar-refractivity contribution is -0.123. The van der Waals surface area contributed by atoms with Gasteiger partial charge in [-0.3, -0.25) is 14.4 Å². The van der Waals surface area contributed by atoms with E-state index in [-0.39, 0.29) is 17.4 Å². The van der Waals surface area contributed by atoms with Crippen molar-refractivity contribution in [1.29, 1.82) is 0 Å². The fraction of sp³-hybridized carbons (Fsp3) is 0.235. The van der Waals surface area contributed by atoms with Gasteiger partial charge >= 0.3 is 0 Å². The third-order valence-electron chi connectivity index (χ3n) is 3.13. The number of anilines is 2. The number of aromatic nitrogens is 1. The Hall–Kier alpha value is -2.89. The first-order valence-electron chi connectivity index (χ1n) is 7.17. The van der Waals surface area contributed by atoms with Gasteiger partial charge in [0.25, 0.3) is 5.91 Å². The van der Waals surface area contributed by atoms with Crippen LogP contribution in [-0.2, 0) is 4.79 Å². The van der Waals surface area contributed by atoms with E-state index in [0.29, 0.717) is 16.9 Å². The Morgan fingerprint density at radius 2 is 1.48 bits per heavy atom. The van der Waals surface area contributed by atoms with E-state index in [9.17, 15) is 14.4 Å². The second kappa shape index (κ2) is 6.48. The Morgan fingerprint density at radius 1 is 0.913 bits per heavy atom. The molecule has 120 valence electrons. The molecule has 0 radical (unpaired) electrons. The van der Waals surface area contributed by atoms with Crippen molar-refractivity contribution >= 4 is 23.2 Å². The minimum atomic E-state index is -0.475. The van der Waals surface area contributed by atoms with Crippen LogP contribution < -0.4 is 16.2 Å². The number of carbonyl (C=O) groups excluding carboxylic acids is 2. The van der Waals surface area contributed by atoms with Crippen LogP contribution in [0.3, 0.4) is 0 Å². The molecular formula is C17H19N3O3. The molecule has 0 saturated carbocycles. The number of nitrogens with one attached hydrogen (secondary N) is 3. The monoisotopic (exact) mass is 313 g/mol. The first-order valence-corrected chi connectivity index (χ1v) is 7.17.